The van der Waals surface area contributed by atoms with Gasteiger partial charge in [-0.1, -0.05) is 89.6 Å². The number of aromatic hydroxyl groups is 3. The molecule has 0 fully saturated rings. The lowest BCUT2D eigenvalue weighted by Gasteiger charge is -2.59. The molecule has 4 rings (SSSR count). The minimum Gasteiger partial charge on any atom is -0.508 e. The van der Waals surface area contributed by atoms with Crippen LogP contribution in [0.3, 0.4) is 0 Å². The number of hydrogen-bond donors (Lipinski definition) is 3. The number of benzene rings is 3. The molecule has 36 heavy (non-hydrogen) atoms. The number of hydrogen-bond acceptors (Lipinski definition) is 3. The Kier molecular flexibility index (Phi) is 6.96. The molecule has 190 valence electrons. The Balaban J connectivity index is 2.17. The predicted molar refractivity (Wildman–Crippen MR) is 148 cm³/mol. The summed E-state index contributed by atoms with van der Waals surface area (Å²) in [6, 6.07) is 23.3. The van der Waals surface area contributed by atoms with E-state index in [4.69, 9.17) is 0 Å². The normalized spacial score (nSPS) is 24.4. The predicted octanol–water partition coefficient (Wildman–Crippen LogP) is 8.06. The smallest absolute Gasteiger partial charge is 0.115 e. The fraction of sp³-hybridized carbons (Fsp3) is 0.394. The van der Waals surface area contributed by atoms with Crippen LogP contribution in [0.2, 0.25) is 0 Å². The Morgan fingerprint density at radius 2 is 1.06 bits per heavy atom. The number of phenolic OH excluding ortho intramolecular Hbond substituents is 3. The molecule has 0 aromatic heterocycles. The molecule has 0 aliphatic heterocycles. The van der Waals surface area contributed by atoms with Gasteiger partial charge in [-0.3, -0.25) is 0 Å². The van der Waals surface area contributed by atoms with Crippen LogP contribution in [0.1, 0.15) is 70.6 Å². The van der Waals surface area contributed by atoms with Gasteiger partial charge in [-0.15, -0.1) is 0 Å². The molecule has 3 atom stereocenters. The van der Waals surface area contributed by atoms with Crippen LogP contribution in [0.15, 0.2) is 84.4 Å². The molecule has 3 aromatic rings. The van der Waals surface area contributed by atoms with Crippen LogP contribution in [0, 0.1) is 17.8 Å². The largest absolute Gasteiger partial charge is 0.508 e. The third kappa shape index (κ3) is 4.19. The van der Waals surface area contributed by atoms with E-state index < -0.39 is 0 Å². The van der Waals surface area contributed by atoms with Crippen LogP contribution < -0.4 is 0 Å². The van der Waals surface area contributed by atoms with Crippen molar-refractivity contribution < 1.29 is 15.3 Å². The lowest BCUT2D eigenvalue weighted by atomic mass is 9.44. The second kappa shape index (κ2) is 9.69. The van der Waals surface area contributed by atoms with E-state index in [0.29, 0.717) is 5.92 Å². The van der Waals surface area contributed by atoms with E-state index in [1.54, 1.807) is 36.4 Å². The molecule has 0 bridgehead atoms. The highest BCUT2D eigenvalue weighted by Crippen LogP contribution is 2.63. The maximum atomic E-state index is 10.2. The van der Waals surface area contributed by atoms with Gasteiger partial charge in [0.15, 0.2) is 0 Å². The Labute approximate surface area is 216 Å². The summed E-state index contributed by atoms with van der Waals surface area (Å²) in [6.45, 7) is 13.8. The lowest BCUT2D eigenvalue weighted by molar-refractivity contribution is 0.136. The average molecular weight is 485 g/mol. The number of rotatable bonds is 6. The third-order valence-corrected chi connectivity index (χ3v) is 8.64. The first-order valence-corrected chi connectivity index (χ1v) is 13.1. The van der Waals surface area contributed by atoms with Crippen LogP contribution in [-0.2, 0) is 10.8 Å². The van der Waals surface area contributed by atoms with E-state index in [0.717, 1.165) is 6.42 Å². The summed E-state index contributed by atoms with van der Waals surface area (Å²) in [4.78, 5) is 0. The van der Waals surface area contributed by atoms with E-state index in [1.807, 2.05) is 0 Å². The van der Waals surface area contributed by atoms with E-state index in [-0.39, 0.29) is 45.8 Å². The van der Waals surface area contributed by atoms with Gasteiger partial charge >= 0.3 is 0 Å². The molecule has 3 nitrogen and oxygen atoms in total. The maximum Gasteiger partial charge on any atom is 0.115 e. The highest BCUT2D eigenvalue weighted by Gasteiger charge is 2.57. The number of phenols is 3. The topological polar surface area (TPSA) is 60.7 Å². The molecule has 0 amide bonds. The summed E-state index contributed by atoms with van der Waals surface area (Å²) in [6.07, 6.45) is 3.43. The maximum absolute atomic E-state index is 10.2. The van der Waals surface area contributed by atoms with Gasteiger partial charge in [0.2, 0.25) is 0 Å². The van der Waals surface area contributed by atoms with Gasteiger partial charge in [0, 0.05) is 16.7 Å². The van der Waals surface area contributed by atoms with Gasteiger partial charge < -0.3 is 15.3 Å². The zero-order chi connectivity index (χ0) is 26.3. The van der Waals surface area contributed by atoms with Crippen LogP contribution in [0.4, 0.5) is 0 Å². The molecule has 0 spiro atoms. The summed E-state index contributed by atoms with van der Waals surface area (Å²) in [5.41, 5.74) is 4.34. The van der Waals surface area contributed by atoms with Gasteiger partial charge in [0.05, 0.1) is 0 Å². The Morgan fingerprint density at radius 3 is 1.47 bits per heavy atom. The van der Waals surface area contributed by atoms with Crippen molar-refractivity contribution in [1.82, 2.24) is 0 Å². The summed E-state index contributed by atoms with van der Waals surface area (Å²) in [7, 11) is 0. The third-order valence-electron chi connectivity index (χ3n) is 8.64. The second-order valence-electron chi connectivity index (χ2n) is 11.5. The molecule has 3 aromatic carbocycles. The molecule has 3 heteroatoms. The zero-order valence-electron chi connectivity index (χ0n) is 22.4. The average Bonchev–Trinajstić information content (AvgIpc) is 2.84. The molecule has 0 saturated heterocycles. The van der Waals surface area contributed by atoms with Gasteiger partial charge in [-0.25, -0.2) is 0 Å². The molecule has 0 saturated carbocycles. The van der Waals surface area contributed by atoms with Crippen molar-refractivity contribution in [3.05, 3.63) is 101 Å². The summed E-state index contributed by atoms with van der Waals surface area (Å²) >= 11 is 0. The van der Waals surface area contributed by atoms with Crippen molar-refractivity contribution in [3.63, 3.8) is 0 Å². The highest BCUT2D eigenvalue weighted by molar-refractivity contribution is 5.52. The zero-order valence-corrected chi connectivity index (χ0v) is 22.4. The minimum atomic E-state index is -0.370. The molecular weight excluding hydrogens is 444 g/mol. The summed E-state index contributed by atoms with van der Waals surface area (Å²) in [5, 5.41) is 30.5. The van der Waals surface area contributed by atoms with Gasteiger partial charge in [0.1, 0.15) is 17.2 Å². The summed E-state index contributed by atoms with van der Waals surface area (Å²) < 4.78 is 0. The van der Waals surface area contributed by atoms with Crippen molar-refractivity contribution in [2.75, 3.05) is 0 Å². The van der Waals surface area contributed by atoms with Crippen molar-refractivity contribution in [1.29, 1.82) is 0 Å². The van der Waals surface area contributed by atoms with Crippen molar-refractivity contribution in [3.8, 4) is 17.2 Å². The Bertz CT molecular complexity index is 1200. The molecule has 3 unspecified atom stereocenters. The quantitative estimate of drug-likeness (QED) is 0.310. The van der Waals surface area contributed by atoms with Gasteiger partial charge in [-0.2, -0.15) is 0 Å². The first-order chi connectivity index (χ1) is 17.0. The van der Waals surface area contributed by atoms with Crippen LogP contribution >= 0.6 is 0 Å². The van der Waals surface area contributed by atoms with Crippen molar-refractivity contribution >= 4 is 0 Å². The lowest BCUT2D eigenvalue weighted by Crippen LogP contribution is -2.54. The SMILES string of the molecule is CC(C)C1=CC(c2ccc(O)cc2)(C(C)C)C(c2ccc(O)cc2)C(c2ccc(O)cc2)(C(C)C)C1. The number of allylic oxidation sites excluding steroid dienone is 2. The molecule has 3 N–H and O–H groups in total. The van der Waals surface area contributed by atoms with E-state index >= 15 is 0 Å². The van der Waals surface area contributed by atoms with Gasteiger partial charge in [0.25, 0.3) is 0 Å². The molecule has 1 aliphatic carbocycles. The van der Waals surface area contributed by atoms with Gasteiger partial charge in [-0.05, 0) is 77.3 Å². The minimum absolute atomic E-state index is 0.0437. The van der Waals surface area contributed by atoms with Crippen molar-refractivity contribution in [2.24, 2.45) is 17.8 Å². The molecular formula is C33H40O3. The second-order valence-corrected chi connectivity index (χ2v) is 11.5. The standard InChI is InChI=1S/C33H40O3/c1-21(2)25-19-32(22(3)4,26-9-15-29(35)16-10-26)31(24-7-13-28(34)14-8-24)33(20-25,23(5)6)27-11-17-30(36)18-12-27/h7-19,21-23,31,34-36H,20H2,1-6H3. The van der Waals surface area contributed by atoms with Crippen LogP contribution in [-0.4, -0.2) is 15.3 Å². The highest BCUT2D eigenvalue weighted by atomic mass is 16.3. The molecule has 1 aliphatic rings. The Hall–Kier alpha value is -3.20. The molecule has 0 heterocycles. The summed E-state index contributed by atoms with van der Waals surface area (Å²) in [5.74, 6) is 1.72. The van der Waals surface area contributed by atoms with Crippen LogP contribution in [0.5, 0.6) is 17.2 Å². The molecule has 0 radical (unpaired) electrons. The van der Waals surface area contributed by atoms with E-state index in [1.165, 1.54) is 22.3 Å². The first kappa shape index (κ1) is 25.9. The van der Waals surface area contributed by atoms with Crippen LogP contribution in [0.25, 0.3) is 0 Å². The fourth-order valence-corrected chi connectivity index (χ4v) is 6.66. The van der Waals surface area contributed by atoms with Crippen molar-refractivity contribution in [2.45, 2.75) is 64.7 Å². The monoisotopic (exact) mass is 484 g/mol. The van der Waals surface area contributed by atoms with E-state index in [2.05, 4.69) is 84.0 Å². The fourth-order valence-electron chi connectivity index (χ4n) is 6.66. The first-order valence-electron chi connectivity index (χ1n) is 13.1. The Morgan fingerprint density at radius 1 is 0.611 bits per heavy atom. The van der Waals surface area contributed by atoms with E-state index in [9.17, 15) is 15.3 Å².